The third-order valence-corrected chi connectivity index (χ3v) is 11.3. The van der Waals surface area contributed by atoms with Crippen LogP contribution >= 0.6 is 0 Å². The van der Waals surface area contributed by atoms with E-state index in [0.717, 1.165) is 0 Å². The number of fused-ring (bicyclic) bond motifs is 9. The van der Waals surface area contributed by atoms with Gasteiger partial charge in [-0.15, -0.1) is 0 Å². The average molecular weight is 616 g/mol. The van der Waals surface area contributed by atoms with Crippen molar-refractivity contribution in [2.45, 2.75) is 150 Å². The molecular formula is C43H57N3. The first-order valence-corrected chi connectivity index (χ1v) is 18.8. The Morgan fingerprint density at radius 3 is 1.04 bits per heavy atom. The van der Waals surface area contributed by atoms with E-state index in [0.29, 0.717) is 18.1 Å². The standard InChI is InChI=1S/C15H23N.C15H15N.C13H19N/c2*1-11(2)16-14-9-5-3-7-12(14)13-8-4-6-10-15(13)16;1-9(2)14-12-7-3-5-10(12)11-6-4-8-13(11)14/h11H,3-10H2,1-2H3;3-11H,1-2H3;9H,3-8H2,1-2H3. The highest BCUT2D eigenvalue weighted by Gasteiger charge is 2.29. The van der Waals surface area contributed by atoms with Crippen LogP contribution in [0.5, 0.6) is 0 Å². The summed E-state index contributed by atoms with van der Waals surface area (Å²) in [4.78, 5) is 0. The highest BCUT2D eigenvalue weighted by atomic mass is 15.0. The number of hydrogen-bond donors (Lipinski definition) is 0. The van der Waals surface area contributed by atoms with Crippen molar-refractivity contribution in [3.63, 3.8) is 0 Å². The highest BCUT2D eigenvalue weighted by molar-refractivity contribution is 6.08. The van der Waals surface area contributed by atoms with E-state index in [-0.39, 0.29) is 0 Å². The molecule has 4 aliphatic rings. The summed E-state index contributed by atoms with van der Waals surface area (Å²) in [5.41, 5.74) is 16.4. The number of para-hydroxylation sites is 2. The topological polar surface area (TPSA) is 14.8 Å². The Balaban J connectivity index is 0.000000110. The molecule has 9 rings (SSSR count). The fourth-order valence-corrected chi connectivity index (χ4v) is 9.68. The summed E-state index contributed by atoms with van der Waals surface area (Å²) >= 11 is 0. The second kappa shape index (κ2) is 13.1. The summed E-state index contributed by atoms with van der Waals surface area (Å²) < 4.78 is 7.73. The van der Waals surface area contributed by atoms with Gasteiger partial charge in [-0.1, -0.05) is 36.4 Å². The van der Waals surface area contributed by atoms with Crippen LogP contribution in [0.15, 0.2) is 48.5 Å². The maximum atomic E-state index is 2.68. The van der Waals surface area contributed by atoms with Gasteiger partial charge in [-0.25, -0.2) is 0 Å². The summed E-state index contributed by atoms with van der Waals surface area (Å²) in [5.74, 6) is 0. The quantitative estimate of drug-likeness (QED) is 0.192. The fraction of sp³-hybridized carbons (Fsp3) is 0.535. The summed E-state index contributed by atoms with van der Waals surface area (Å²) in [5, 5.41) is 2.71. The Labute approximate surface area is 278 Å². The second-order valence-corrected chi connectivity index (χ2v) is 15.2. The van der Waals surface area contributed by atoms with Gasteiger partial charge in [0.2, 0.25) is 0 Å². The van der Waals surface area contributed by atoms with Crippen LogP contribution in [0.25, 0.3) is 21.8 Å². The van der Waals surface area contributed by atoms with E-state index in [1.807, 2.05) is 0 Å². The molecule has 0 saturated carbocycles. The number of hydrogen-bond acceptors (Lipinski definition) is 0. The Hall–Kier alpha value is -3.20. The van der Waals surface area contributed by atoms with Crippen LogP contribution in [0.2, 0.25) is 0 Å². The Morgan fingerprint density at radius 2 is 0.674 bits per heavy atom. The predicted octanol–water partition coefficient (Wildman–Crippen LogP) is 11.2. The molecule has 46 heavy (non-hydrogen) atoms. The maximum Gasteiger partial charge on any atom is 0.0493 e. The van der Waals surface area contributed by atoms with Gasteiger partial charge >= 0.3 is 0 Å². The molecule has 2 aromatic carbocycles. The third kappa shape index (κ3) is 5.46. The molecule has 4 aliphatic carbocycles. The van der Waals surface area contributed by atoms with Gasteiger partial charge in [-0.2, -0.15) is 0 Å². The molecule has 0 spiro atoms. The van der Waals surface area contributed by atoms with Crippen molar-refractivity contribution in [2.24, 2.45) is 0 Å². The minimum Gasteiger partial charge on any atom is -0.346 e. The van der Waals surface area contributed by atoms with Gasteiger partial charge in [0, 0.05) is 62.7 Å². The van der Waals surface area contributed by atoms with E-state index in [4.69, 9.17) is 0 Å². The minimum absolute atomic E-state index is 0.491. The molecule has 3 nitrogen and oxygen atoms in total. The molecule has 5 aromatic rings. The predicted molar refractivity (Wildman–Crippen MR) is 197 cm³/mol. The maximum absolute atomic E-state index is 2.68. The van der Waals surface area contributed by atoms with Crippen molar-refractivity contribution < 1.29 is 0 Å². The molecule has 0 atom stereocenters. The number of nitrogens with zero attached hydrogens (tertiary/aromatic N) is 3. The summed E-state index contributed by atoms with van der Waals surface area (Å²) in [6.45, 7) is 13.8. The van der Waals surface area contributed by atoms with Crippen molar-refractivity contribution in [3.05, 3.63) is 93.6 Å². The molecule has 0 amide bonds. The van der Waals surface area contributed by atoms with Gasteiger partial charge in [-0.05, 0) is 166 Å². The van der Waals surface area contributed by atoms with Crippen LogP contribution in [0.4, 0.5) is 0 Å². The SMILES string of the molecule is CC(C)n1c2c(c3c1CCC3)CCC2.CC(C)n1c2c(c3c1CCCC3)CCCC2.CC(C)n1c2ccccc2c2ccccc21. The molecule has 244 valence electrons. The van der Waals surface area contributed by atoms with Gasteiger partial charge in [0.15, 0.2) is 0 Å². The molecule has 3 heterocycles. The zero-order valence-electron chi connectivity index (χ0n) is 29.6. The molecule has 0 saturated heterocycles. The monoisotopic (exact) mass is 615 g/mol. The highest BCUT2D eigenvalue weighted by Crippen LogP contribution is 2.39. The van der Waals surface area contributed by atoms with Crippen LogP contribution in [-0.2, 0) is 51.4 Å². The first-order valence-electron chi connectivity index (χ1n) is 18.8. The van der Waals surface area contributed by atoms with Gasteiger partial charge in [0.05, 0.1) is 0 Å². The molecule has 0 bridgehead atoms. The van der Waals surface area contributed by atoms with Crippen LogP contribution < -0.4 is 0 Å². The third-order valence-electron chi connectivity index (χ3n) is 11.3. The van der Waals surface area contributed by atoms with Crippen molar-refractivity contribution in [1.29, 1.82) is 0 Å². The van der Waals surface area contributed by atoms with Crippen molar-refractivity contribution in [3.8, 4) is 0 Å². The van der Waals surface area contributed by atoms with Crippen molar-refractivity contribution >= 4 is 21.8 Å². The summed E-state index contributed by atoms with van der Waals surface area (Å²) in [7, 11) is 0. The van der Waals surface area contributed by atoms with E-state index in [2.05, 4.69) is 104 Å². The Morgan fingerprint density at radius 1 is 0.370 bits per heavy atom. The Kier molecular flexibility index (Phi) is 8.96. The van der Waals surface area contributed by atoms with E-state index < -0.39 is 0 Å². The Bertz CT molecular complexity index is 1720. The lowest BCUT2D eigenvalue weighted by Crippen LogP contribution is -2.13. The lowest BCUT2D eigenvalue weighted by atomic mass is 9.89. The van der Waals surface area contributed by atoms with E-state index >= 15 is 0 Å². The van der Waals surface area contributed by atoms with Crippen LogP contribution in [0.3, 0.4) is 0 Å². The number of rotatable bonds is 3. The smallest absolute Gasteiger partial charge is 0.0493 e. The zero-order chi connectivity index (χ0) is 31.9. The van der Waals surface area contributed by atoms with E-state index in [9.17, 15) is 0 Å². The second-order valence-electron chi connectivity index (χ2n) is 15.2. The molecule has 0 aliphatic heterocycles. The average Bonchev–Trinajstić information content (AvgIpc) is 3.87. The molecule has 0 radical (unpaired) electrons. The van der Waals surface area contributed by atoms with Crippen molar-refractivity contribution in [1.82, 2.24) is 13.7 Å². The minimum atomic E-state index is 0.491. The normalized spacial score (nSPS) is 16.7. The van der Waals surface area contributed by atoms with Gasteiger partial charge < -0.3 is 13.7 Å². The van der Waals surface area contributed by atoms with E-state index in [1.165, 1.54) is 112 Å². The lowest BCUT2D eigenvalue weighted by Gasteiger charge is -2.20. The van der Waals surface area contributed by atoms with E-state index in [1.54, 1.807) is 45.0 Å². The summed E-state index contributed by atoms with van der Waals surface area (Å²) in [6.07, 6.45) is 19.2. The number of benzene rings is 2. The van der Waals surface area contributed by atoms with Crippen LogP contribution in [-0.4, -0.2) is 13.7 Å². The summed E-state index contributed by atoms with van der Waals surface area (Å²) in [6, 6.07) is 19.1. The largest absolute Gasteiger partial charge is 0.346 e. The van der Waals surface area contributed by atoms with Gasteiger partial charge in [0.25, 0.3) is 0 Å². The fourth-order valence-electron chi connectivity index (χ4n) is 9.68. The molecule has 3 heteroatoms. The van der Waals surface area contributed by atoms with Crippen LogP contribution in [0.1, 0.15) is 143 Å². The molecule has 3 aromatic heterocycles. The van der Waals surface area contributed by atoms with Gasteiger partial charge in [-0.3, -0.25) is 0 Å². The molecule has 0 fully saturated rings. The molecule has 0 unspecified atom stereocenters. The van der Waals surface area contributed by atoms with Crippen LogP contribution in [0, 0.1) is 0 Å². The first-order chi connectivity index (χ1) is 22.4. The lowest BCUT2D eigenvalue weighted by molar-refractivity contribution is 0.519. The molecular weight excluding hydrogens is 558 g/mol. The van der Waals surface area contributed by atoms with Gasteiger partial charge in [0.1, 0.15) is 0 Å². The first kappa shape index (κ1) is 31.4. The van der Waals surface area contributed by atoms with Crippen molar-refractivity contribution in [2.75, 3.05) is 0 Å². The zero-order valence-corrected chi connectivity index (χ0v) is 29.6. The molecule has 0 N–H and O–H groups in total. The number of aromatic nitrogens is 3.